The van der Waals surface area contributed by atoms with E-state index in [1.807, 2.05) is 6.92 Å². The summed E-state index contributed by atoms with van der Waals surface area (Å²) < 4.78 is 36.3. The van der Waals surface area contributed by atoms with Crippen LogP contribution in [0.25, 0.3) is 0 Å². The zero-order chi connectivity index (χ0) is 15.0. The average molecular weight is 293 g/mol. The van der Waals surface area contributed by atoms with E-state index in [0.29, 0.717) is 25.0 Å². The van der Waals surface area contributed by atoms with Crippen molar-refractivity contribution in [1.29, 1.82) is 0 Å². The molecular formula is C14H26F3N3. The fourth-order valence-electron chi connectivity index (χ4n) is 2.40. The molecule has 1 saturated carbocycles. The Morgan fingerprint density at radius 2 is 1.80 bits per heavy atom. The van der Waals surface area contributed by atoms with Crippen molar-refractivity contribution in [1.82, 2.24) is 10.6 Å². The Bertz CT molecular complexity index is 295. The SMILES string of the molecule is CCNC(=NCC1CCC(C)CC1)NCCC(F)(F)F. The van der Waals surface area contributed by atoms with Crippen molar-refractivity contribution in [2.45, 2.75) is 52.1 Å². The van der Waals surface area contributed by atoms with Gasteiger partial charge in [0.1, 0.15) is 0 Å². The lowest BCUT2D eigenvalue weighted by Crippen LogP contribution is -2.39. The van der Waals surface area contributed by atoms with Crippen LogP contribution in [0.1, 0.15) is 46.0 Å². The molecule has 20 heavy (non-hydrogen) atoms. The smallest absolute Gasteiger partial charge is 0.357 e. The molecule has 0 aromatic carbocycles. The van der Waals surface area contributed by atoms with E-state index in [2.05, 4.69) is 22.5 Å². The van der Waals surface area contributed by atoms with Crippen LogP contribution in [0, 0.1) is 11.8 Å². The summed E-state index contributed by atoms with van der Waals surface area (Å²) in [6.07, 6.45) is -0.141. The highest BCUT2D eigenvalue weighted by Gasteiger charge is 2.26. The minimum atomic E-state index is -4.12. The molecular weight excluding hydrogens is 267 g/mol. The number of guanidine groups is 1. The lowest BCUT2D eigenvalue weighted by molar-refractivity contribution is -0.132. The van der Waals surface area contributed by atoms with Crippen molar-refractivity contribution >= 4 is 5.96 Å². The number of hydrogen-bond acceptors (Lipinski definition) is 1. The Morgan fingerprint density at radius 1 is 1.15 bits per heavy atom. The molecule has 1 aliphatic carbocycles. The number of halogens is 3. The standard InChI is InChI=1S/C14H26F3N3/c1-3-18-13(19-9-8-14(15,16)17)20-10-12-6-4-11(2)5-7-12/h11-12H,3-10H2,1-2H3,(H2,18,19,20). The first kappa shape index (κ1) is 17.1. The average Bonchev–Trinajstić information content (AvgIpc) is 2.36. The van der Waals surface area contributed by atoms with E-state index >= 15 is 0 Å². The number of nitrogens with zero attached hydrogens (tertiary/aromatic N) is 1. The number of alkyl halides is 3. The third kappa shape index (κ3) is 7.60. The summed E-state index contributed by atoms with van der Waals surface area (Å²) in [7, 11) is 0. The van der Waals surface area contributed by atoms with Crippen molar-refractivity contribution in [3.05, 3.63) is 0 Å². The van der Waals surface area contributed by atoms with Crippen LogP contribution < -0.4 is 10.6 Å². The normalized spacial score (nSPS) is 24.6. The maximum atomic E-state index is 12.1. The zero-order valence-electron chi connectivity index (χ0n) is 12.4. The predicted octanol–water partition coefficient (Wildman–Crippen LogP) is 3.32. The topological polar surface area (TPSA) is 36.4 Å². The molecule has 0 atom stereocenters. The highest BCUT2D eigenvalue weighted by atomic mass is 19.4. The lowest BCUT2D eigenvalue weighted by Gasteiger charge is -2.25. The first-order valence-electron chi connectivity index (χ1n) is 7.49. The van der Waals surface area contributed by atoms with E-state index in [1.165, 1.54) is 25.7 Å². The molecule has 0 aromatic heterocycles. The molecule has 0 amide bonds. The molecule has 0 radical (unpaired) electrons. The largest absolute Gasteiger partial charge is 0.390 e. The highest BCUT2D eigenvalue weighted by molar-refractivity contribution is 5.79. The molecule has 2 N–H and O–H groups in total. The minimum Gasteiger partial charge on any atom is -0.357 e. The summed E-state index contributed by atoms with van der Waals surface area (Å²) in [5.74, 6) is 1.87. The zero-order valence-corrected chi connectivity index (χ0v) is 12.4. The molecule has 0 unspecified atom stereocenters. The Kier molecular flexibility index (Phi) is 7.16. The fraction of sp³-hybridized carbons (Fsp3) is 0.929. The van der Waals surface area contributed by atoms with E-state index < -0.39 is 12.6 Å². The van der Waals surface area contributed by atoms with Gasteiger partial charge >= 0.3 is 6.18 Å². The summed E-state index contributed by atoms with van der Waals surface area (Å²) in [5, 5.41) is 5.73. The van der Waals surface area contributed by atoms with Gasteiger partial charge in [0.25, 0.3) is 0 Å². The van der Waals surface area contributed by atoms with Gasteiger partial charge in [0.05, 0.1) is 6.42 Å². The van der Waals surface area contributed by atoms with Crippen LogP contribution in [0.5, 0.6) is 0 Å². The molecule has 0 spiro atoms. The quantitative estimate of drug-likeness (QED) is 0.602. The van der Waals surface area contributed by atoms with Gasteiger partial charge < -0.3 is 10.6 Å². The van der Waals surface area contributed by atoms with Crippen molar-refractivity contribution < 1.29 is 13.2 Å². The van der Waals surface area contributed by atoms with Gasteiger partial charge in [-0.25, -0.2) is 0 Å². The first-order valence-corrected chi connectivity index (χ1v) is 7.49. The van der Waals surface area contributed by atoms with Gasteiger partial charge in [0.15, 0.2) is 5.96 Å². The Hall–Kier alpha value is -0.940. The highest BCUT2D eigenvalue weighted by Crippen LogP contribution is 2.28. The van der Waals surface area contributed by atoms with Crippen LogP contribution in [-0.2, 0) is 0 Å². The number of rotatable bonds is 5. The first-order chi connectivity index (χ1) is 9.40. The van der Waals surface area contributed by atoms with Gasteiger partial charge in [-0.05, 0) is 31.6 Å². The molecule has 0 aliphatic heterocycles. The molecule has 118 valence electrons. The molecule has 1 rings (SSSR count). The molecule has 0 bridgehead atoms. The minimum absolute atomic E-state index is 0.128. The third-order valence-corrected chi connectivity index (χ3v) is 3.69. The van der Waals surface area contributed by atoms with E-state index in [4.69, 9.17) is 0 Å². The molecule has 6 heteroatoms. The lowest BCUT2D eigenvalue weighted by atomic mass is 9.83. The van der Waals surface area contributed by atoms with E-state index in [-0.39, 0.29) is 6.54 Å². The summed E-state index contributed by atoms with van der Waals surface area (Å²) in [4.78, 5) is 4.41. The van der Waals surface area contributed by atoms with Crippen molar-refractivity contribution in [3.8, 4) is 0 Å². The summed E-state index contributed by atoms with van der Waals surface area (Å²) in [6.45, 7) is 5.40. The van der Waals surface area contributed by atoms with Gasteiger partial charge in [-0.1, -0.05) is 19.8 Å². The summed E-state index contributed by atoms with van der Waals surface area (Å²) in [5.41, 5.74) is 0. The van der Waals surface area contributed by atoms with Gasteiger partial charge in [-0.2, -0.15) is 13.2 Å². The molecule has 0 saturated heterocycles. The molecule has 1 aliphatic rings. The van der Waals surface area contributed by atoms with E-state index in [1.54, 1.807) is 0 Å². The summed E-state index contributed by atoms with van der Waals surface area (Å²) >= 11 is 0. The van der Waals surface area contributed by atoms with Crippen LogP contribution in [0.4, 0.5) is 13.2 Å². The van der Waals surface area contributed by atoms with E-state index in [9.17, 15) is 13.2 Å². The molecule has 1 fully saturated rings. The van der Waals surface area contributed by atoms with Crippen LogP contribution in [0.3, 0.4) is 0 Å². The second-order valence-corrected chi connectivity index (χ2v) is 5.64. The van der Waals surface area contributed by atoms with Crippen LogP contribution in [-0.4, -0.2) is 31.8 Å². The molecule has 0 aromatic rings. The maximum absolute atomic E-state index is 12.1. The van der Waals surface area contributed by atoms with Crippen LogP contribution in [0.15, 0.2) is 4.99 Å². The predicted molar refractivity (Wildman–Crippen MR) is 75.8 cm³/mol. The Labute approximate surface area is 119 Å². The van der Waals surface area contributed by atoms with Crippen molar-refractivity contribution in [2.75, 3.05) is 19.6 Å². The second kappa shape index (κ2) is 8.37. The third-order valence-electron chi connectivity index (χ3n) is 3.69. The second-order valence-electron chi connectivity index (χ2n) is 5.64. The molecule has 3 nitrogen and oxygen atoms in total. The maximum Gasteiger partial charge on any atom is 0.390 e. The summed E-state index contributed by atoms with van der Waals surface area (Å²) in [6, 6.07) is 0. The number of nitrogens with one attached hydrogen (secondary N) is 2. The monoisotopic (exact) mass is 293 g/mol. The number of hydrogen-bond donors (Lipinski definition) is 2. The van der Waals surface area contributed by atoms with Crippen molar-refractivity contribution in [3.63, 3.8) is 0 Å². The van der Waals surface area contributed by atoms with E-state index in [0.717, 1.165) is 5.92 Å². The van der Waals surface area contributed by atoms with Gasteiger partial charge in [0.2, 0.25) is 0 Å². The Morgan fingerprint density at radius 3 is 2.35 bits per heavy atom. The van der Waals surface area contributed by atoms with Gasteiger partial charge in [0, 0.05) is 19.6 Å². The van der Waals surface area contributed by atoms with Gasteiger partial charge in [-0.3, -0.25) is 4.99 Å². The van der Waals surface area contributed by atoms with Crippen LogP contribution >= 0.6 is 0 Å². The van der Waals surface area contributed by atoms with Crippen LogP contribution in [0.2, 0.25) is 0 Å². The molecule has 0 heterocycles. The fourth-order valence-corrected chi connectivity index (χ4v) is 2.40. The number of aliphatic imine (C=N–C) groups is 1. The Balaban J connectivity index is 2.34. The van der Waals surface area contributed by atoms with Crippen molar-refractivity contribution in [2.24, 2.45) is 16.8 Å². The van der Waals surface area contributed by atoms with Gasteiger partial charge in [-0.15, -0.1) is 0 Å².